The Bertz CT molecular complexity index is 682. The Kier molecular flexibility index (Phi) is 3.70. The van der Waals surface area contributed by atoms with Crippen molar-refractivity contribution >= 4 is 12.0 Å². The molecule has 0 atom stereocenters. The molecule has 0 unspecified atom stereocenters. The number of aldehydes is 1. The minimum Gasteiger partial charge on any atom is -0.298 e. The normalized spacial score (nSPS) is 9.26. The van der Waals surface area contributed by atoms with E-state index in [0.29, 0.717) is 11.8 Å². The fraction of sp³-hybridized carbons (Fsp3) is 0. The standard InChI is InChI=1S/C15H9NO3/c17-11-13-7-9-14(15(10-13)16(18)19)8-6-12-4-2-1-3-5-12/h1-5,7,9-11H. The number of hydrogen-bond donors (Lipinski definition) is 0. The monoisotopic (exact) mass is 251 g/mol. The van der Waals surface area contributed by atoms with E-state index in [1.54, 1.807) is 0 Å². The van der Waals surface area contributed by atoms with Crippen molar-refractivity contribution in [2.45, 2.75) is 0 Å². The fourth-order valence-electron chi connectivity index (χ4n) is 1.54. The van der Waals surface area contributed by atoms with Gasteiger partial charge in [-0.25, -0.2) is 0 Å². The summed E-state index contributed by atoms with van der Waals surface area (Å²) >= 11 is 0. The van der Waals surface area contributed by atoms with Crippen LogP contribution in [-0.4, -0.2) is 11.2 Å². The molecule has 0 fully saturated rings. The van der Waals surface area contributed by atoms with Gasteiger partial charge in [0.1, 0.15) is 11.8 Å². The van der Waals surface area contributed by atoms with Gasteiger partial charge in [-0.1, -0.05) is 30.0 Å². The molecule has 92 valence electrons. The van der Waals surface area contributed by atoms with E-state index < -0.39 is 4.92 Å². The summed E-state index contributed by atoms with van der Waals surface area (Å²) < 4.78 is 0. The maximum Gasteiger partial charge on any atom is 0.285 e. The summed E-state index contributed by atoms with van der Waals surface area (Å²) in [5, 5.41) is 10.9. The molecule has 2 aromatic rings. The van der Waals surface area contributed by atoms with Gasteiger partial charge < -0.3 is 0 Å². The molecule has 0 radical (unpaired) electrons. The summed E-state index contributed by atoms with van der Waals surface area (Å²) in [4.78, 5) is 21.0. The highest BCUT2D eigenvalue weighted by Gasteiger charge is 2.12. The summed E-state index contributed by atoms with van der Waals surface area (Å²) in [7, 11) is 0. The molecule has 0 aliphatic rings. The van der Waals surface area contributed by atoms with Gasteiger partial charge in [-0.05, 0) is 24.3 Å². The molecular formula is C15H9NO3. The van der Waals surface area contributed by atoms with Gasteiger partial charge in [-0.3, -0.25) is 14.9 Å². The highest BCUT2D eigenvalue weighted by atomic mass is 16.6. The largest absolute Gasteiger partial charge is 0.298 e. The molecule has 0 aliphatic heterocycles. The zero-order chi connectivity index (χ0) is 13.7. The van der Waals surface area contributed by atoms with Gasteiger partial charge in [0, 0.05) is 17.2 Å². The van der Waals surface area contributed by atoms with Gasteiger partial charge in [0.15, 0.2) is 0 Å². The predicted octanol–water partition coefficient (Wildman–Crippen LogP) is 2.81. The van der Waals surface area contributed by atoms with Gasteiger partial charge in [-0.15, -0.1) is 0 Å². The minimum absolute atomic E-state index is 0.159. The maximum absolute atomic E-state index is 10.9. The second-order valence-corrected chi connectivity index (χ2v) is 3.77. The van der Waals surface area contributed by atoms with Crippen molar-refractivity contribution in [1.29, 1.82) is 0 Å². The summed E-state index contributed by atoms with van der Waals surface area (Å²) in [6.07, 6.45) is 0.571. The van der Waals surface area contributed by atoms with Crippen molar-refractivity contribution in [2.24, 2.45) is 0 Å². The first-order valence-electron chi connectivity index (χ1n) is 5.51. The lowest BCUT2D eigenvalue weighted by Crippen LogP contribution is -1.94. The molecule has 0 aliphatic carbocycles. The number of benzene rings is 2. The zero-order valence-corrected chi connectivity index (χ0v) is 9.87. The van der Waals surface area contributed by atoms with Crippen LogP contribution in [0, 0.1) is 22.0 Å². The molecule has 0 N–H and O–H groups in total. The van der Waals surface area contributed by atoms with E-state index in [-0.39, 0.29) is 11.3 Å². The molecule has 0 spiro atoms. The van der Waals surface area contributed by atoms with Crippen LogP contribution in [0.25, 0.3) is 0 Å². The number of nitro benzene ring substituents is 1. The lowest BCUT2D eigenvalue weighted by molar-refractivity contribution is -0.385. The average molecular weight is 251 g/mol. The molecule has 4 nitrogen and oxygen atoms in total. The Morgan fingerprint density at radius 2 is 1.79 bits per heavy atom. The minimum atomic E-state index is -0.540. The Hall–Kier alpha value is -2.93. The van der Waals surface area contributed by atoms with Crippen molar-refractivity contribution in [3.63, 3.8) is 0 Å². The van der Waals surface area contributed by atoms with E-state index in [1.165, 1.54) is 18.2 Å². The van der Waals surface area contributed by atoms with Gasteiger partial charge in [0.2, 0.25) is 0 Å². The van der Waals surface area contributed by atoms with Gasteiger partial charge in [0.25, 0.3) is 5.69 Å². The molecule has 0 saturated heterocycles. The van der Waals surface area contributed by atoms with Crippen LogP contribution in [0.3, 0.4) is 0 Å². The quantitative estimate of drug-likeness (QED) is 0.357. The average Bonchev–Trinajstić information content (AvgIpc) is 2.46. The summed E-state index contributed by atoms with van der Waals surface area (Å²) in [5.74, 6) is 5.61. The molecule has 0 heterocycles. The lowest BCUT2D eigenvalue weighted by atomic mass is 10.1. The molecule has 0 aromatic heterocycles. The summed E-state index contributed by atoms with van der Waals surface area (Å²) in [6, 6.07) is 13.4. The van der Waals surface area contributed by atoms with E-state index in [9.17, 15) is 14.9 Å². The second-order valence-electron chi connectivity index (χ2n) is 3.77. The second kappa shape index (κ2) is 5.61. The van der Waals surface area contributed by atoms with Crippen LogP contribution in [-0.2, 0) is 0 Å². The number of nitro groups is 1. The maximum atomic E-state index is 10.9. The zero-order valence-electron chi connectivity index (χ0n) is 9.87. The van der Waals surface area contributed by atoms with E-state index in [0.717, 1.165) is 5.56 Å². The Labute approximate surface area is 109 Å². The number of carbonyl (C=O) groups excluding carboxylic acids is 1. The Morgan fingerprint density at radius 3 is 2.42 bits per heavy atom. The van der Waals surface area contributed by atoms with Crippen molar-refractivity contribution in [3.05, 3.63) is 75.3 Å². The third-order valence-corrected chi connectivity index (χ3v) is 2.47. The molecule has 0 amide bonds. The molecule has 0 bridgehead atoms. The first-order valence-corrected chi connectivity index (χ1v) is 5.51. The SMILES string of the molecule is O=Cc1ccc(C#Cc2ccccc2)c([N+](=O)[O-])c1. The van der Waals surface area contributed by atoms with Crippen LogP contribution in [0.15, 0.2) is 48.5 Å². The Balaban J connectivity index is 2.43. The van der Waals surface area contributed by atoms with Gasteiger partial charge >= 0.3 is 0 Å². The van der Waals surface area contributed by atoms with Crippen molar-refractivity contribution in [1.82, 2.24) is 0 Å². The topological polar surface area (TPSA) is 60.2 Å². The number of carbonyl (C=O) groups is 1. The third kappa shape index (κ3) is 3.05. The molecule has 2 aromatic carbocycles. The van der Waals surface area contributed by atoms with Crippen molar-refractivity contribution < 1.29 is 9.72 Å². The van der Waals surface area contributed by atoms with Crippen LogP contribution in [0.2, 0.25) is 0 Å². The van der Waals surface area contributed by atoms with Crippen LogP contribution >= 0.6 is 0 Å². The number of nitrogens with zero attached hydrogens (tertiary/aromatic N) is 1. The van der Waals surface area contributed by atoms with Crippen molar-refractivity contribution in [3.8, 4) is 11.8 Å². The first kappa shape index (κ1) is 12.5. The Morgan fingerprint density at radius 1 is 1.05 bits per heavy atom. The highest BCUT2D eigenvalue weighted by molar-refractivity contribution is 5.77. The van der Waals surface area contributed by atoms with Crippen LogP contribution in [0.1, 0.15) is 21.5 Å². The molecule has 19 heavy (non-hydrogen) atoms. The molecule has 0 saturated carbocycles. The molecule has 4 heteroatoms. The molecule has 2 rings (SSSR count). The summed E-state index contributed by atoms with van der Waals surface area (Å²) in [5.41, 5.74) is 1.17. The van der Waals surface area contributed by atoms with E-state index in [1.807, 2.05) is 30.3 Å². The van der Waals surface area contributed by atoms with E-state index in [2.05, 4.69) is 11.8 Å². The van der Waals surface area contributed by atoms with Crippen LogP contribution < -0.4 is 0 Å². The third-order valence-electron chi connectivity index (χ3n) is 2.47. The lowest BCUT2D eigenvalue weighted by Gasteiger charge is -1.96. The smallest absolute Gasteiger partial charge is 0.285 e. The number of hydrogen-bond acceptors (Lipinski definition) is 3. The van der Waals surface area contributed by atoms with E-state index >= 15 is 0 Å². The highest BCUT2D eigenvalue weighted by Crippen LogP contribution is 2.18. The predicted molar refractivity (Wildman–Crippen MR) is 70.9 cm³/mol. The fourth-order valence-corrected chi connectivity index (χ4v) is 1.54. The molecular weight excluding hydrogens is 242 g/mol. The van der Waals surface area contributed by atoms with Gasteiger partial charge in [0.05, 0.1) is 4.92 Å². The van der Waals surface area contributed by atoms with Crippen molar-refractivity contribution in [2.75, 3.05) is 0 Å². The van der Waals surface area contributed by atoms with E-state index in [4.69, 9.17) is 0 Å². The van der Waals surface area contributed by atoms with Gasteiger partial charge in [-0.2, -0.15) is 0 Å². The van der Waals surface area contributed by atoms with Crippen LogP contribution in [0.4, 0.5) is 5.69 Å². The summed E-state index contributed by atoms with van der Waals surface area (Å²) in [6.45, 7) is 0. The van der Waals surface area contributed by atoms with Crippen LogP contribution in [0.5, 0.6) is 0 Å². The number of rotatable bonds is 2. The first-order chi connectivity index (χ1) is 9.20.